The summed E-state index contributed by atoms with van der Waals surface area (Å²) < 4.78 is 27.9. The molecule has 0 spiro atoms. The number of esters is 5. The SMILES string of the molecule is O=C(OC1COC(=O)c2cc(O)c(O)c(O)c2-c2c(cc(O)c(O)c2O)C(=O)OC1C1OC(=O)c2cc(O)c(O)c(O)c2-c2c(O)c(O)c(O)c3c2C(=O)OC1C3C(=O)C(O)C(O)C(O)CO)c1cc(O)c(O)c(O)c1. The minimum Gasteiger partial charge on any atom is -0.504 e. The van der Waals surface area contributed by atoms with Gasteiger partial charge in [0.2, 0.25) is 23.0 Å². The molecule has 8 unspecified atom stereocenters. The van der Waals surface area contributed by atoms with E-state index in [4.69, 9.17) is 23.7 Å². The van der Waals surface area contributed by atoms with E-state index in [9.17, 15) is 126 Å². The number of hydrogen-bond donors (Lipinski definition) is 19. The van der Waals surface area contributed by atoms with Gasteiger partial charge in [0, 0.05) is 27.8 Å². The number of cyclic esters (lactones) is 2. The number of ether oxygens (including phenoxy) is 5. The Morgan fingerprint density at radius 2 is 0.908 bits per heavy atom. The molecule has 0 aromatic heterocycles. The molecule has 19 N–H and O–H groups in total. The first-order valence-electron chi connectivity index (χ1n) is 21.2. The normalized spacial score (nSPS) is 20.2. The molecule has 4 aliphatic heterocycles. The van der Waals surface area contributed by atoms with E-state index in [2.05, 4.69) is 0 Å². The molecule has 400 valence electrons. The van der Waals surface area contributed by atoms with Crippen molar-refractivity contribution < 1.29 is 149 Å². The maximum Gasteiger partial charge on any atom is 0.339 e. The van der Waals surface area contributed by atoms with Crippen LogP contribution in [0.4, 0.5) is 0 Å². The molecule has 0 saturated carbocycles. The van der Waals surface area contributed by atoms with E-state index in [-0.39, 0.29) is 12.1 Å². The first-order chi connectivity index (χ1) is 35.6. The molecule has 0 fully saturated rings. The number of aliphatic hydroxyl groups is 4. The Labute approximate surface area is 418 Å². The number of phenolic OH excluding ortho intramolecular Hbond substituents is 15. The van der Waals surface area contributed by atoms with Gasteiger partial charge in [-0.1, -0.05) is 0 Å². The minimum atomic E-state index is -3.09. The first kappa shape index (κ1) is 52.3. The standard InChI is InChI=1S/C46H36O30/c47-6-17(53)30(58)37(65)36(64)25-23-24-22(34(62)38(66)35(23)63)21-11(5-16(52)29(57)33(21)61)45(70)76-41(40(25)75-46(24)71)39-18(73-42(67)8-1-12(48)26(54)13(49)2-8)7-72-43(68)9-3-14(50)27(55)31(59)19(9)20-10(44(69)74-39)4-15(51)28(56)32(20)60/h1-5,17-18,25,30,37,39-41,47-63,65-66H,6-7H2. The number of fused-ring (bicyclic) bond motifs is 6. The number of aliphatic hydroxyl groups excluding tert-OH is 4. The molecule has 0 radical (unpaired) electrons. The number of carbonyl (C=O) groups excluding carboxylic acids is 6. The zero-order chi connectivity index (χ0) is 56.0. The van der Waals surface area contributed by atoms with Gasteiger partial charge in [-0.2, -0.15) is 0 Å². The molecule has 0 saturated heterocycles. The van der Waals surface area contributed by atoms with Gasteiger partial charge in [0.1, 0.15) is 24.9 Å². The molecule has 4 heterocycles. The molecule has 5 aromatic carbocycles. The molecule has 4 bridgehead atoms. The van der Waals surface area contributed by atoms with Crippen molar-refractivity contribution in [3.63, 3.8) is 0 Å². The average molecular weight is 1070 g/mol. The van der Waals surface area contributed by atoms with Crippen LogP contribution in [0.25, 0.3) is 22.3 Å². The van der Waals surface area contributed by atoms with Crippen LogP contribution in [0.3, 0.4) is 0 Å². The highest BCUT2D eigenvalue weighted by molar-refractivity contribution is 6.13. The fourth-order valence-electron chi connectivity index (χ4n) is 8.72. The van der Waals surface area contributed by atoms with E-state index < -0.39 is 239 Å². The summed E-state index contributed by atoms with van der Waals surface area (Å²) in [7, 11) is 0. The molecule has 0 amide bonds. The number of hydrogen-bond acceptors (Lipinski definition) is 30. The molecule has 5 aromatic rings. The number of carbonyl (C=O) groups is 6. The van der Waals surface area contributed by atoms with Crippen LogP contribution >= 0.6 is 0 Å². The number of benzene rings is 5. The lowest BCUT2D eigenvalue weighted by Gasteiger charge is -2.42. The second kappa shape index (κ2) is 18.8. The second-order valence-corrected chi connectivity index (χ2v) is 16.8. The highest BCUT2D eigenvalue weighted by Gasteiger charge is 2.57. The van der Waals surface area contributed by atoms with Crippen molar-refractivity contribution in [2.45, 2.75) is 48.6 Å². The second-order valence-electron chi connectivity index (χ2n) is 16.8. The Morgan fingerprint density at radius 3 is 1.39 bits per heavy atom. The first-order valence-corrected chi connectivity index (χ1v) is 21.2. The molecule has 0 aliphatic carbocycles. The fraction of sp³-hybridized carbons (Fsp3) is 0.217. The molecular formula is C46H36O30. The van der Waals surface area contributed by atoms with Crippen molar-refractivity contribution in [1.29, 1.82) is 0 Å². The van der Waals surface area contributed by atoms with Gasteiger partial charge in [-0.05, 0) is 30.3 Å². The van der Waals surface area contributed by atoms with Crippen molar-refractivity contribution in [2.75, 3.05) is 13.2 Å². The van der Waals surface area contributed by atoms with Gasteiger partial charge in [0.25, 0.3) is 0 Å². The van der Waals surface area contributed by atoms with E-state index in [0.717, 1.165) is 0 Å². The highest BCUT2D eigenvalue weighted by atomic mass is 16.6. The third-order valence-corrected chi connectivity index (χ3v) is 12.4. The predicted octanol–water partition coefficient (Wildman–Crippen LogP) is -0.968. The quantitative estimate of drug-likeness (QED) is 0.0505. The number of Topliss-reactive ketones (excluding diaryl/α,β-unsaturated/α-hetero) is 1. The molecular weight excluding hydrogens is 1030 g/mol. The topological polar surface area (TPSA) is 533 Å². The summed E-state index contributed by atoms with van der Waals surface area (Å²) in [4.78, 5) is 87.4. The number of aromatic hydroxyl groups is 15. The molecule has 9 rings (SSSR count). The van der Waals surface area contributed by atoms with Gasteiger partial charge in [-0.25, -0.2) is 24.0 Å². The Bertz CT molecular complexity index is 3360. The lowest BCUT2D eigenvalue weighted by atomic mass is 9.74. The van der Waals surface area contributed by atoms with Gasteiger partial charge in [-0.3, -0.25) is 4.79 Å². The number of phenols is 15. The zero-order valence-corrected chi connectivity index (χ0v) is 37.4. The van der Waals surface area contributed by atoms with E-state index in [0.29, 0.717) is 18.2 Å². The zero-order valence-electron chi connectivity index (χ0n) is 37.4. The fourth-order valence-corrected chi connectivity index (χ4v) is 8.72. The summed E-state index contributed by atoms with van der Waals surface area (Å²) in [6, 6.07) is 1.77. The summed E-state index contributed by atoms with van der Waals surface area (Å²) in [5.74, 6) is -36.9. The number of rotatable bonds is 8. The van der Waals surface area contributed by atoms with Crippen LogP contribution in [0.1, 0.15) is 63.3 Å². The van der Waals surface area contributed by atoms with Crippen molar-refractivity contribution in [3.05, 3.63) is 63.7 Å². The predicted molar refractivity (Wildman–Crippen MR) is 235 cm³/mol. The maximum absolute atomic E-state index is 14.9. The number of ketones is 1. The monoisotopic (exact) mass is 1070 g/mol. The highest BCUT2D eigenvalue weighted by Crippen LogP contribution is 2.59. The van der Waals surface area contributed by atoms with Crippen molar-refractivity contribution in [1.82, 2.24) is 0 Å². The third-order valence-electron chi connectivity index (χ3n) is 12.4. The molecule has 30 nitrogen and oxygen atoms in total. The van der Waals surface area contributed by atoms with Crippen LogP contribution in [0.5, 0.6) is 86.2 Å². The van der Waals surface area contributed by atoms with Gasteiger partial charge >= 0.3 is 29.8 Å². The molecule has 30 heteroatoms. The third kappa shape index (κ3) is 8.10. The summed E-state index contributed by atoms with van der Waals surface area (Å²) in [6.45, 7) is -3.06. The Morgan fingerprint density at radius 1 is 0.487 bits per heavy atom. The van der Waals surface area contributed by atoms with Crippen LogP contribution in [0.2, 0.25) is 0 Å². The van der Waals surface area contributed by atoms with E-state index >= 15 is 0 Å². The Kier molecular flexibility index (Phi) is 12.9. The van der Waals surface area contributed by atoms with Crippen LogP contribution < -0.4 is 0 Å². The molecule has 76 heavy (non-hydrogen) atoms. The van der Waals surface area contributed by atoms with Crippen LogP contribution in [-0.4, -0.2) is 189 Å². The summed E-state index contributed by atoms with van der Waals surface area (Å²) in [6.07, 6.45) is -20.2. The van der Waals surface area contributed by atoms with Crippen LogP contribution in [-0.2, 0) is 28.5 Å². The van der Waals surface area contributed by atoms with Gasteiger partial charge in [0.05, 0.1) is 40.3 Å². The average Bonchev–Trinajstić information content (AvgIpc) is 3.48. The van der Waals surface area contributed by atoms with Crippen molar-refractivity contribution in [2.24, 2.45) is 0 Å². The summed E-state index contributed by atoms with van der Waals surface area (Å²) in [5.41, 5.74) is -12.5. The van der Waals surface area contributed by atoms with E-state index in [1.807, 2.05) is 0 Å². The van der Waals surface area contributed by atoms with Crippen molar-refractivity contribution in [3.8, 4) is 108 Å². The van der Waals surface area contributed by atoms with Gasteiger partial charge in [-0.15, -0.1) is 0 Å². The van der Waals surface area contributed by atoms with Gasteiger partial charge < -0.3 is 121 Å². The van der Waals surface area contributed by atoms with E-state index in [1.165, 1.54) is 0 Å². The Balaban J connectivity index is 1.48. The van der Waals surface area contributed by atoms with Gasteiger partial charge in [0.15, 0.2) is 93.4 Å². The van der Waals surface area contributed by atoms with Crippen molar-refractivity contribution >= 4 is 35.6 Å². The van der Waals surface area contributed by atoms with Crippen LogP contribution in [0, 0.1) is 0 Å². The lowest BCUT2D eigenvalue weighted by Crippen LogP contribution is -2.58. The minimum absolute atomic E-state index is 0.249. The van der Waals surface area contributed by atoms with E-state index in [1.54, 1.807) is 0 Å². The van der Waals surface area contributed by atoms with Crippen LogP contribution in [0.15, 0.2) is 30.3 Å². The largest absolute Gasteiger partial charge is 0.504 e. The molecule has 4 aliphatic rings. The lowest BCUT2D eigenvalue weighted by molar-refractivity contribution is -0.156. The Hall–Kier alpha value is -10.0. The maximum atomic E-state index is 14.9. The summed E-state index contributed by atoms with van der Waals surface area (Å²) >= 11 is 0. The molecule has 8 atom stereocenters. The smallest absolute Gasteiger partial charge is 0.339 e. The summed E-state index contributed by atoms with van der Waals surface area (Å²) in [5, 5.41) is 204.